The molecule has 1 N–H and O–H groups in total. The maximum absolute atomic E-state index is 13.5. The highest BCUT2D eigenvalue weighted by Gasteiger charge is 2.34. The van der Waals surface area contributed by atoms with Gasteiger partial charge in [0.25, 0.3) is 0 Å². The number of carbonyl (C=O) groups is 2. The van der Waals surface area contributed by atoms with Crippen LogP contribution < -0.4 is 10.1 Å². The van der Waals surface area contributed by atoms with Crippen molar-refractivity contribution in [2.45, 2.75) is 59.0 Å². The van der Waals surface area contributed by atoms with Gasteiger partial charge in [0, 0.05) is 24.0 Å². The van der Waals surface area contributed by atoms with Crippen LogP contribution in [0.15, 0.2) is 35.7 Å². The van der Waals surface area contributed by atoms with E-state index in [1.165, 1.54) is 10.4 Å². The highest BCUT2D eigenvalue weighted by molar-refractivity contribution is 7.10. The minimum atomic E-state index is -0.171. The van der Waals surface area contributed by atoms with E-state index in [2.05, 4.69) is 16.8 Å². The molecule has 174 valence electrons. The van der Waals surface area contributed by atoms with Gasteiger partial charge >= 0.3 is 6.03 Å². The molecule has 2 aromatic rings. The number of hydrogen-bond donors (Lipinski definition) is 1. The van der Waals surface area contributed by atoms with Gasteiger partial charge < -0.3 is 19.9 Å². The molecule has 1 aliphatic rings. The molecule has 2 atom stereocenters. The van der Waals surface area contributed by atoms with Gasteiger partial charge in [-0.3, -0.25) is 4.79 Å². The number of benzene rings is 1. The van der Waals surface area contributed by atoms with Crippen LogP contribution in [0.1, 0.15) is 55.7 Å². The molecule has 0 unspecified atom stereocenters. The van der Waals surface area contributed by atoms with Gasteiger partial charge in [0.1, 0.15) is 18.9 Å². The lowest BCUT2D eigenvalue weighted by molar-refractivity contribution is -0.135. The Morgan fingerprint density at radius 3 is 2.69 bits per heavy atom. The number of nitrogens with one attached hydrogen (secondary N) is 1. The number of aryl methyl sites for hydroxylation is 1. The van der Waals surface area contributed by atoms with Crippen LogP contribution in [0.5, 0.6) is 5.75 Å². The van der Waals surface area contributed by atoms with Gasteiger partial charge in [-0.2, -0.15) is 0 Å². The van der Waals surface area contributed by atoms with E-state index < -0.39 is 0 Å². The summed E-state index contributed by atoms with van der Waals surface area (Å²) in [5, 5.41) is 5.01. The Morgan fingerprint density at radius 1 is 1.25 bits per heavy atom. The maximum Gasteiger partial charge on any atom is 0.318 e. The van der Waals surface area contributed by atoms with Crippen molar-refractivity contribution in [2.75, 3.05) is 26.2 Å². The molecule has 6 nitrogen and oxygen atoms in total. The second-order valence-electron chi connectivity index (χ2n) is 8.39. The maximum atomic E-state index is 13.5. The summed E-state index contributed by atoms with van der Waals surface area (Å²) < 4.78 is 6.10. The summed E-state index contributed by atoms with van der Waals surface area (Å²) >= 11 is 1.73. The monoisotopic (exact) mass is 457 g/mol. The molecule has 0 radical (unpaired) electrons. The number of thiophene rings is 1. The standard InChI is InChI=1S/C25H35N3O3S/c1-5-13-26-25(30)28(19(4)6-2)16-24(29)27-14-11-23-21(12-15-32-23)22(27)17-31-20-9-7-18(3)8-10-20/h7-10,12,15,19,22H,5-6,11,13-14,16-17H2,1-4H3,(H,26,30)/t19-,22-/m1/s1. The van der Waals surface area contributed by atoms with Crippen LogP contribution in [0.25, 0.3) is 0 Å². The summed E-state index contributed by atoms with van der Waals surface area (Å²) in [6, 6.07) is 9.72. The number of hydrogen-bond acceptors (Lipinski definition) is 4. The lowest BCUT2D eigenvalue weighted by Gasteiger charge is -2.38. The van der Waals surface area contributed by atoms with Crippen LogP contribution in [0.4, 0.5) is 4.79 Å². The van der Waals surface area contributed by atoms with Crippen molar-refractivity contribution in [2.24, 2.45) is 0 Å². The molecular weight excluding hydrogens is 422 g/mol. The molecule has 2 heterocycles. The van der Waals surface area contributed by atoms with E-state index in [1.54, 1.807) is 16.2 Å². The minimum absolute atomic E-state index is 0.0143. The number of amides is 3. The van der Waals surface area contributed by atoms with E-state index in [4.69, 9.17) is 4.74 Å². The van der Waals surface area contributed by atoms with Crippen LogP contribution >= 0.6 is 11.3 Å². The first-order valence-corrected chi connectivity index (χ1v) is 12.4. The van der Waals surface area contributed by atoms with E-state index in [1.807, 2.05) is 56.9 Å². The number of urea groups is 1. The average Bonchev–Trinajstić information content (AvgIpc) is 3.29. The van der Waals surface area contributed by atoms with Crippen molar-refractivity contribution in [1.29, 1.82) is 0 Å². The SMILES string of the molecule is CCCNC(=O)N(CC(=O)N1CCc2sccc2[C@H]1COc1ccc(C)cc1)[C@H](C)CC. The van der Waals surface area contributed by atoms with Crippen molar-refractivity contribution >= 4 is 23.3 Å². The van der Waals surface area contributed by atoms with Gasteiger partial charge in [-0.25, -0.2) is 4.79 Å². The van der Waals surface area contributed by atoms with Gasteiger partial charge in [0.2, 0.25) is 5.91 Å². The van der Waals surface area contributed by atoms with Crippen molar-refractivity contribution in [3.63, 3.8) is 0 Å². The fourth-order valence-electron chi connectivity index (χ4n) is 3.90. The summed E-state index contributed by atoms with van der Waals surface area (Å²) in [6.07, 6.45) is 2.49. The lowest BCUT2D eigenvalue weighted by Crippen LogP contribution is -2.52. The number of nitrogens with zero attached hydrogens (tertiary/aromatic N) is 2. The van der Waals surface area contributed by atoms with Gasteiger partial charge in [0.15, 0.2) is 0 Å². The molecule has 32 heavy (non-hydrogen) atoms. The van der Waals surface area contributed by atoms with Gasteiger partial charge in [-0.05, 0) is 62.3 Å². The van der Waals surface area contributed by atoms with Gasteiger partial charge in [-0.1, -0.05) is 31.5 Å². The van der Waals surface area contributed by atoms with Crippen LogP contribution in [-0.4, -0.2) is 54.0 Å². The third kappa shape index (κ3) is 5.82. The third-order valence-corrected chi connectivity index (χ3v) is 7.06. The summed E-state index contributed by atoms with van der Waals surface area (Å²) in [5.41, 5.74) is 2.34. The fraction of sp³-hybridized carbons (Fsp3) is 0.520. The summed E-state index contributed by atoms with van der Waals surface area (Å²) in [5.74, 6) is 0.761. The van der Waals surface area contributed by atoms with Crippen molar-refractivity contribution in [1.82, 2.24) is 15.1 Å². The smallest absolute Gasteiger partial charge is 0.318 e. The van der Waals surface area contributed by atoms with Crippen LogP contribution in [0, 0.1) is 6.92 Å². The predicted molar refractivity (Wildman–Crippen MR) is 129 cm³/mol. The number of ether oxygens (including phenoxy) is 1. The molecule has 1 aliphatic heterocycles. The number of rotatable bonds is 9. The molecule has 0 saturated carbocycles. The summed E-state index contributed by atoms with van der Waals surface area (Å²) in [7, 11) is 0. The lowest BCUT2D eigenvalue weighted by atomic mass is 10.00. The Kier molecular flexibility index (Phi) is 8.56. The Balaban J connectivity index is 1.75. The van der Waals surface area contributed by atoms with Crippen LogP contribution in [0.3, 0.4) is 0 Å². The molecular formula is C25H35N3O3S. The zero-order valence-electron chi connectivity index (χ0n) is 19.6. The van der Waals surface area contributed by atoms with E-state index in [-0.39, 0.29) is 30.6 Å². The van der Waals surface area contributed by atoms with E-state index >= 15 is 0 Å². The largest absolute Gasteiger partial charge is 0.491 e. The molecule has 1 aromatic heterocycles. The topological polar surface area (TPSA) is 61.9 Å². The fourth-order valence-corrected chi connectivity index (χ4v) is 4.83. The van der Waals surface area contributed by atoms with Crippen LogP contribution in [-0.2, 0) is 11.2 Å². The highest BCUT2D eigenvalue weighted by atomic mass is 32.1. The number of fused-ring (bicyclic) bond motifs is 1. The molecule has 7 heteroatoms. The van der Waals surface area contributed by atoms with Crippen molar-refractivity contribution < 1.29 is 14.3 Å². The Labute approximate surface area is 195 Å². The molecule has 0 bridgehead atoms. The van der Waals surface area contributed by atoms with Crippen LogP contribution in [0.2, 0.25) is 0 Å². The zero-order valence-corrected chi connectivity index (χ0v) is 20.4. The molecule has 3 rings (SSSR count). The summed E-state index contributed by atoms with van der Waals surface area (Å²) in [6.45, 7) is 9.80. The van der Waals surface area contributed by atoms with E-state index in [9.17, 15) is 9.59 Å². The first-order valence-electron chi connectivity index (χ1n) is 11.5. The van der Waals surface area contributed by atoms with Gasteiger partial charge in [-0.15, -0.1) is 11.3 Å². The third-order valence-electron chi connectivity index (χ3n) is 6.06. The molecule has 0 spiro atoms. The van der Waals surface area contributed by atoms with E-state index in [0.717, 1.165) is 30.6 Å². The molecule has 0 fully saturated rings. The first kappa shape index (κ1) is 24.1. The first-order chi connectivity index (χ1) is 15.4. The van der Waals surface area contributed by atoms with Gasteiger partial charge in [0.05, 0.1) is 6.04 Å². The normalized spacial score (nSPS) is 16.2. The Bertz CT molecular complexity index is 896. The highest BCUT2D eigenvalue weighted by Crippen LogP contribution is 2.34. The molecule has 1 aromatic carbocycles. The second kappa shape index (κ2) is 11.4. The van der Waals surface area contributed by atoms with E-state index in [0.29, 0.717) is 19.7 Å². The Morgan fingerprint density at radius 2 is 2.00 bits per heavy atom. The molecule has 3 amide bonds. The zero-order chi connectivity index (χ0) is 23.1. The molecule has 0 aliphatic carbocycles. The average molecular weight is 458 g/mol. The summed E-state index contributed by atoms with van der Waals surface area (Å²) in [4.78, 5) is 31.0. The molecule has 0 saturated heterocycles. The second-order valence-corrected chi connectivity index (χ2v) is 9.39. The minimum Gasteiger partial charge on any atom is -0.491 e. The number of carbonyl (C=O) groups excluding carboxylic acids is 2. The predicted octanol–water partition coefficient (Wildman–Crippen LogP) is 4.78. The van der Waals surface area contributed by atoms with Crippen molar-refractivity contribution in [3.8, 4) is 5.75 Å². The quantitative estimate of drug-likeness (QED) is 0.589. The Hall–Kier alpha value is -2.54. The van der Waals surface area contributed by atoms with Crippen molar-refractivity contribution in [3.05, 3.63) is 51.7 Å².